The lowest BCUT2D eigenvalue weighted by atomic mass is 9.87. The van der Waals surface area contributed by atoms with Crippen LogP contribution in [0.5, 0.6) is 0 Å². The molecule has 1 aromatic heterocycles. The molecule has 0 spiro atoms. The van der Waals surface area contributed by atoms with Crippen LogP contribution in [0.15, 0.2) is 15.9 Å². The van der Waals surface area contributed by atoms with Gasteiger partial charge in [-0.3, -0.25) is 4.79 Å². The predicted octanol–water partition coefficient (Wildman–Crippen LogP) is 4.75. The first kappa shape index (κ1) is 15.2. The van der Waals surface area contributed by atoms with Gasteiger partial charge in [0.05, 0.1) is 0 Å². The summed E-state index contributed by atoms with van der Waals surface area (Å²) in [5.41, 5.74) is -0.512. The summed E-state index contributed by atoms with van der Waals surface area (Å²) in [6.45, 7) is 2.61. The van der Waals surface area contributed by atoms with Crippen molar-refractivity contribution in [3.05, 3.63) is 20.8 Å². The molecule has 2 rings (SSSR count). The fraction of sp³-hybridized carbons (Fsp3) is 0.667. The first-order chi connectivity index (χ1) is 9.16. The number of rotatable bonds is 5. The minimum absolute atomic E-state index is 0.269. The van der Waals surface area contributed by atoms with E-state index >= 15 is 0 Å². The highest BCUT2D eigenvalue weighted by Gasteiger charge is 2.38. The molecule has 0 N–H and O–H groups in total. The van der Waals surface area contributed by atoms with Crippen LogP contribution in [0.1, 0.15) is 50.3 Å². The zero-order valence-electron chi connectivity index (χ0n) is 11.4. The van der Waals surface area contributed by atoms with Gasteiger partial charge in [0, 0.05) is 27.8 Å². The molecule has 0 bridgehead atoms. The summed E-state index contributed by atoms with van der Waals surface area (Å²) in [5, 5.41) is 2.03. The van der Waals surface area contributed by atoms with Gasteiger partial charge in [-0.05, 0) is 41.8 Å². The Morgan fingerprint density at radius 2 is 2.05 bits per heavy atom. The number of Topliss-reactive ketones (excluding diaryl/α,β-unsaturated/α-hetero) is 1. The predicted molar refractivity (Wildman–Crippen MR) is 82.8 cm³/mol. The van der Waals surface area contributed by atoms with Gasteiger partial charge in [0.15, 0.2) is 5.78 Å². The van der Waals surface area contributed by atoms with Gasteiger partial charge in [-0.25, -0.2) is 0 Å². The van der Waals surface area contributed by atoms with E-state index in [-0.39, 0.29) is 5.78 Å². The molecule has 1 heterocycles. The number of carbonyl (C=O) groups is 1. The van der Waals surface area contributed by atoms with Crippen molar-refractivity contribution in [3.8, 4) is 0 Å². The molecule has 0 saturated heterocycles. The van der Waals surface area contributed by atoms with E-state index in [4.69, 9.17) is 4.74 Å². The normalized spacial score (nSPS) is 19.1. The minimum Gasteiger partial charge on any atom is -0.367 e. The Bertz CT molecular complexity index is 420. The van der Waals surface area contributed by atoms with E-state index in [0.717, 1.165) is 35.0 Å². The highest BCUT2D eigenvalue weighted by molar-refractivity contribution is 9.10. The van der Waals surface area contributed by atoms with Crippen LogP contribution in [0.25, 0.3) is 0 Å². The highest BCUT2D eigenvalue weighted by atomic mass is 79.9. The van der Waals surface area contributed by atoms with Crippen LogP contribution in [-0.2, 0) is 16.0 Å². The number of hydrogen-bond donors (Lipinski definition) is 0. The summed E-state index contributed by atoms with van der Waals surface area (Å²) in [6.07, 6.45) is 6.98. The third-order valence-corrected chi connectivity index (χ3v) is 5.49. The summed E-state index contributed by atoms with van der Waals surface area (Å²) in [4.78, 5) is 13.8. The molecule has 1 aliphatic carbocycles. The molecule has 1 saturated carbocycles. The monoisotopic (exact) mass is 344 g/mol. The van der Waals surface area contributed by atoms with Crippen molar-refractivity contribution in [2.24, 2.45) is 0 Å². The average Bonchev–Trinajstić information content (AvgIpc) is 2.65. The molecule has 0 unspecified atom stereocenters. The van der Waals surface area contributed by atoms with Crippen molar-refractivity contribution in [1.82, 2.24) is 0 Å². The second-order valence-electron chi connectivity index (χ2n) is 5.17. The number of hydrogen-bond acceptors (Lipinski definition) is 3. The van der Waals surface area contributed by atoms with Crippen molar-refractivity contribution in [3.63, 3.8) is 0 Å². The van der Waals surface area contributed by atoms with E-state index in [9.17, 15) is 4.79 Å². The van der Waals surface area contributed by atoms with Crippen molar-refractivity contribution in [2.45, 2.75) is 57.5 Å². The van der Waals surface area contributed by atoms with E-state index in [1.165, 1.54) is 12.8 Å². The molecule has 1 aliphatic rings. The second-order valence-corrected chi connectivity index (χ2v) is 7.08. The molecular formula is C15H21BrO2S. The third-order valence-electron chi connectivity index (χ3n) is 3.80. The maximum absolute atomic E-state index is 12.7. The van der Waals surface area contributed by atoms with E-state index in [1.807, 2.05) is 18.4 Å². The highest BCUT2D eigenvalue weighted by Crippen LogP contribution is 2.33. The van der Waals surface area contributed by atoms with Gasteiger partial charge in [-0.15, -0.1) is 11.3 Å². The summed E-state index contributed by atoms with van der Waals surface area (Å²) in [7, 11) is 0. The van der Waals surface area contributed by atoms with Crippen LogP contribution in [0.3, 0.4) is 0 Å². The SMILES string of the molecule is CCOC1(C(=O)Cc2cc(Br)cs2)CCCCCC1. The lowest BCUT2D eigenvalue weighted by Crippen LogP contribution is -2.42. The largest absolute Gasteiger partial charge is 0.367 e. The van der Waals surface area contributed by atoms with Crippen LogP contribution in [-0.4, -0.2) is 18.0 Å². The summed E-state index contributed by atoms with van der Waals surface area (Å²) >= 11 is 5.08. The molecule has 0 amide bonds. The fourth-order valence-corrected chi connectivity index (χ4v) is 4.30. The Morgan fingerprint density at radius 3 is 2.58 bits per heavy atom. The minimum atomic E-state index is -0.512. The smallest absolute Gasteiger partial charge is 0.169 e. The average molecular weight is 345 g/mol. The van der Waals surface area contributed by atoms with E-state index in [2.05, 4.69) is 15.9 Å². The Balaban J connectivity index is 2.10. The number of ketones is 1. The molecule has 0 aromatic carbocycles. The van der Waals surface area contributed by atoms with Crippen LogP contribution < -0.4 is 0 Å². The van der Waals surface area contributed by atoms with Crippen molar-refractivity contribution < 1.29 is 9.53 Å². The molecule has 106 valence electrons. The zero-order chi connectivity index (χ0) is 13.7. The molecule has 1 fully saturated rings. The van der Waals surface area contributed by atoms with Crippen LogP contribution in [0.4, 0.5) is 0 Å². The summed E-state index contributed by atoms with van der Waals surface area (Å²) in [6, 6.07) is 2.04. The Morgan fingerprint density at radius 1 is 1.37 bits per heavy atom. The maximum atomic E-state index is 12.7. The van der Waals surface area contributed by atoms with Crippen molar-refractivity contribution in [1.29, 1.82) is 0 Å². The summed E-state index contributed by atoms with van der Waals surface area (Å²) in [5.74, 6) is 0.269. The van der Waals surface area contributed by atoms with Gasteiger partial charge < -0.3 is 4.74 Å². The molecule has 0 atom stereocenters. The van der Waals surface area contributed by atoms with Crippen LogP contribution in [0, 0.1) is 0 Å². The molecule has 2 nitrogen and oxygen atoms in total. The fourth-order valence-electron chi connectivity index (χ4n) is 2.85. The van der Waals surface area contributed by atoms with Crippen LogP contribution in [0.2, 0.25) is 0 Å². The van der Waals surface area contributed by atoms with E-state index in [0.29, 0.717) is 13.0 Å². The van der Waals surface area contributed by atoms with Crippen molar-refractivity contribution >= 4 is 33.0 Å². The first-order valence-electron chi connectivity index (χ1n) is 7.06. The number of carbonyl (C=O) groups excluding carboxylic acids is 1. The molecule has 1 aromatic rings. The Kier molecular flexibility index (Phi) is 5.60. The molecule has 0 radical (unpaired) electrons. The Labute approximate surface area is 127 Å². The molecule has 19 heavy (non-hydrogen) atoms. The van der Waals surface area contributed by atoms with Crippen LogP contribution >= 0.6 is 27.3 Å². The van der Waals surface area contributed by atoms with Gasteiger partial charge in [-0.2, -0.15) is 0 Å². The van der Waals surface area contributed by atoms with Gasteiger partial charge in [0.1, 0.15) is 5.60 Å². The zero-order valence-corrected chi connectivity index (χ0v) is 13.8. The quantitative estimate of drug-likeness (QED) is 0.720. The Hall–Kier alpha value is -0.190. The van der Waals surface area contributed by atoms with Gasteiger partial charge >= 0.3 is 0 Å². The number of ether oxygens (including phenoxy) is 1. The first-order valence-corrected chi connectivity index (χ1v) is 8.74. The topological polar surface area (TPSA) is 26.3 Å². The molecule has 4 heteroatoms. The van der Waals surface area contributed by atoms with Gasteiger partial charge in [0.25, 0.3) is 0 Å². The van der Waals surface area contributed by atoms with E-state index in [1.54, 1.807) is 11.3 Å². The third kappa shape index (κ3) is 3.89. The number of halogens is 1. The number of thiophene rings is 1. The van der Waals surface area contributed by atoms with Gasteiger partial charge in [-0.1, -0.05) is 25.7 Å². The standard InChI is InChI=1S/C15H21BrO2S/c1-2-18-15(7-5-3-4-6-8-15)14(17)10-13-9-12(16)11-19-13/h9,11H,2-8,10H2,1H3. The van der Waals surface area contributed by atoms with E-state index < -0.39 is 5.60 Å². The molecule has 0 aliphatic heterocycles. The lowest BCUT2D eigenvalue weighted by Gasteiger charge is -2.31. The lowest BCUT2D eigenvalue weighted by molar-refractivity contribution is -0.145. The van der Waals surface area contributed by atoms with Gasteiger partial charge in [0.2, 0.25) is 0 Å². The van der Waals surface area contributed by atoms with Crippen molar-refractivity contribution in [2.75, 3.05) is 6.61 Å². The second kappa shape index (κ2) is 7.00. The maximum Gasteiger partial charge on any atom is 0.169 e. The molecular weight excluding hydrogens is 324 g/mol. The summed E-state index contributed by atoms with van der Waals surface area (Å²) < 4.78 is 7.00.